The zero-order valence-electron chi connectivity index (χ0n) is 12.5. The lowest BCUT2D eigenvalue weighted by Gasteiger charge is -2.05. The number of esters is 1. The molecule has 0 fully saturated rings. The lowest BCUT2D eigenvalue weighted by atomic mass is 10.0. The largest absolute Gasteiger partial charge is 0.478 e. The summed E-state index contributed by atoms with van der Waals surface area (Å²) in [6.45, 7) is 1.74. The number of fused-ring (bicyclic) bond motifs is 1. The van der Waals surface area contributed by atoms with Crippen LogP contribution in [0.25, 0.3) is 22.3 Å². The molecule has 3 aromatic rings. The smallest absolute Gasteiger partial charge is 0.337 e. The number of nitrogens with zero attached hydrogens (tertiary/aromatic N) is 2. The van der Waals surface area contributed by atoms with Gasteiger partial charge in [-0.1, -0.05) is 12.1 Å². The molecule has 1 aromatic carbocycles. The summed E-state index contributed by atoms with van der Waals surface area (Å²) < 4.78 is 4.65. The fourth-order valence-electron chi connectivity index (χ4n) is 2.39. The Morgan fingerprint density at radius 1 is 1.22 bits per heavy atom. The number of benzene rings is 1. The lowest BCUT2D eigenvalue weighted by molar-refractivity contribution is 0.0600. The molecule has 23 heavy (non-hydrogen) atoms. The molecule has 0 radical (unpaired) electrons. The number of carboxylic acids is 1. The number of H-pyrrole nitrogens is 1. The second-order valence-electron chi connectivity index (χ2n) is 4.98. The number of aromatic amines is 1. The molecule has 0 aliphatic heterocycles. The zero-order chi connectivity index (χ0) is 16.6. The molecule has 0 bridgehead atoms. The van der Waals surface area contributed by atoms with Gasteiger partial charge in [-0.3, -0.25) is 5.10 Å². The van der Waals surface area contributed by atoms with Crippen molar-refractivity contribution in [3.8, 4) is 11.3 Å². The quantitative estimate of drug-likeness (QED) is 0.720. The van der Waals surface area contributed by atoms with E-state index in [-0.39, 0.29) is 5.56 Å². The second-order valence-corrected chi connectivity index (χ2v) is 4.98. The van der Waals surface area contributed by atoms with E-state index < -0.39 is 11.9 Å². The van der Waals surface area contributed by atoms with Crippen molar-refractivity contribution in [2.75, 3.05) is 7.11 Å². The van der Waals surface area contributed by atoms with Gasteiger partial charge in [-0.05, 0) is 25.1 Å². The van der Waals surface area contributed by atoms with Crippen molar-refractivity contribution in [3.05, 3.63) is 47.2 Å². The van der Waals surface area contributed by atoms with E-state index in [1.165, 1.54) is 13.2 Å². The highest BCUT2D eigenvalue weighted by molar-refractivity contribution is 6.03. The molecule has 0 spiro atoms. The molecule has 2 aromatic heterocycles. The van der Waals surface area contributed by atoms with Gasteiger partial charge in [0.1, 0.15) is 0 Å². The number of ether oxygens (including phenoxy) is 1. The Hall–Kier alpha value is -3.22. The molecule has 2 N–H and O–H groups in total. The van der Waals surface area contributed by atoms with E-state index in [0.717, 1.165) is 0 Å². The van der Waals surface area contributed by atoms with Crippen LogP contribution in [0.5, 0.6) is 0 Å². The maximum Gasteiger partial charge on any atom is 0.337 e. The van der Waals surface area contributed by atoms with Gasteiger partial charge in [0.15, 0.2) is 5.65 Å². The zero-order valence-corrected chi connectivity index (χ0v) is 12.5. The van der Waals surface area contributed by atoms with E-state index in [4.69, 9.17) is 0 Å². The first-order valence-corrected chi connectivity index (χ1v) is 6.79. The first kappa shape index (κ1) is 14.7. The average molecular weight is 311 g/mol. The average Bonchev–Trinajstić information content (AvgIpc) is 2.94. The van der Waals surface area contributed by atoms with Crippen molar-refractivity contribution in [2.45, 2.75) is 6.92 Å². The second kappa shape index (κ2) is 5.53. The Labute approximate surface area is 130 Å². The number of rotatable bonds is 3. The summed E-state index contributed by atoms with van der Waals surface area (Å²) in [5.41, 5.74) is 2.69. The maximum atomic E-state index is 11.5. The molecule has 0 saturated carbocycles. The van der Waals surface area contributed by atoms with Gasteiger partial charge in [0.25, 0.3) is 0 Å². The number of carboxylic acid groups (broad SMARTS) is 1. The minimum atomic E-state index is -1.05. The van der Waals surface area contributed by atoms with Crippen LogP contribution >= 0.6 is 0 Å². The molecule has 116 valence electrons. The topological polar surface area (TPSA) is 105 Å². The van der Waals surface area contributed by atoms with Crippen molar-refractivity contribution >= 4 is 23.0 Å². The van der Waals surface area contributed by atoms with Crippen LogP contribution in [0.3, 0.4) is 0 Å². The maximum absolute atomic E-state index is 11.5. The van der Waals surface area contributed by atoms with Gasteiger partial charge in [0.05, 0.1) is 29.3 Å². The first-order valence-electron chi connectivity index (χ1n) is 6.79. The van der Waals surface area contributed by atoms with Crippen LogP contribution < -0.4 is 0 Å². The van der Waals surface area contributed by atoms with Crippen molar-refractivity contribution in [1.29, 1.82) is 0 Å². The standard InChI is InChI=1S/C16H13N3O4/c1-8-13-11(15(20)21)7-12(17-14(13)19-18-8)9-3-5-10(6-4-9)16(22)23-2/h3-7H,1-2H3,(H,20,21)(H,17,18,19). The van der Waals surface area contributed by atoms with E-state index >= 15 is 0 Å². The summed E-state index contributed by atoms with van der Waals surface area (Å²) in [5, 5.41) is 16.7. The number of hydrogen-bond acceptors (Lipinski definition) is 5. The van der Waals surface area contributed by atoms with E-state index in [0.29, 0.717) is 33.5 Å². The molecule has 3 rings (SSSR count). The number of pyridine rings is 1. The third-order valence-electron chi connectivity index (χ3n) is 3.54. The minimum Gasteiger partial charge on any atom is -0.478 e. The van der Waals surface area contributed by atoms with Gasteiger partial charge in [-0.2, -0.15) is 5.10 Å². The minimum absolute atomic E-state index is 0.133. The fraction of sp³-hybridized carbons (Fsp3) is 0.125. The van der Waals surface area contributed by atoms with E-state index in [9.17, 15) is 14.7 Å². The SMILES string of the molecule is COC(=O)c1ccc(-c2cc(C(=O)O)c3c(C)[nH]nc3n2)cc1. The van der Waals surface area contributed by atoms with Crippen LogP contribution in [0.2, 0.25) is 0 Å². The number of hydrogen-bond donors (Lipinski definition) is 2. The molecular weight excluding hydrogens is 298 g/mol. The summed E-state index contributed by atoms with van der Waals surface area (Å²) in [5.74, 6) is -1.48. The highest BCUT2D eigenvalue weighted by atomic mass is 16.5. The van der Waals surface area contributed by atoms with Crippen LogP contribution in [0.15, 0.2) is 30.3 Å². The molecule has 0 aliphatic carbocycles. The molecule has 2 heterocycles. The van der Waals surface area contributed by atoms with Crippen LogP contribution in [-0.2, 0) is 4.74 Å². The van der Waals surface area contributed by atoms with Gasteiger partial charge in [-0.15, -0.1) is 0 Å². The number of aromatic carboxylic acids is 1. The Morgan fingerprint density at radius 3 is 2.52 bits per heavy atom. The van der Waals surface area contributed by atoms with Crippen LogP contribution in [0.1, 0.15) is 26.4 Å². The molecule has 0 saturated heterocycles. The Balaban J connectivity index is 2.13. The lowest BCUT2D eigenvalue weighted by Crippen LogP contribution is -2.01. The highest BCUT2D eigenvalue weighted by Crippen LogP contribution is 2.26. The molecule has 7 nitrogen and oxygen atoms in total. The molecule has 0 aliphatic rings. The van der Waals surface area contributed by atoms with Crippen LogP contribution in [-0.4, -0.2) is 39.3 Å². The number of methoxy groups -OCH3 is 1. The van der Waals surface area contributed by atoms with Gasteiger partial charge >= 0.3 is 11.9 Å². The fourth-order valence-corrected chi connectivity index (χ4v) is 2.39. The van der Waals surface area contributed by atoms with E-state index in [1.54, 1.807) is 31.2 Å². The van der Waals surface area contributed by atoms with Gasteiger partial charge in [0, 0.05) is 11.3 Å². The highest BCUT2D eigenvalue weighted by Gasteiger charge is 2.17. The molecule has 0 unspecified atom stereocenters. The monoisotopic (exact) mass is 311 g/mol. The summed E-state index contributed by atoms with van der Waals surface area (Å²) in [6.07, 6.45) is 0. The van der Waals surface area contributed by atoms with Gasteiger partial charge < -0.3 is 9.84 Å². The van der Waals surface area contributed by atoms with Crippen molar-refractivity contribution in [3.63, 3.8) is 0 Å². The van der Waals surface area contributed by atoms with Crippen LogP contribution in [0, 0.1) is 6.92 Å². The van der Waals surface area contributed by atoms with Crippen molar-refractivity contribution in [1.82, 2.24) is 15.2 Å². The number of aryl methyl sites for hydroxylation is 1. The van der Waals surface area contributed by atoms with E-state index in [1.807, 2.05) is 0 Å². The first-order chi connectivity index (χ1) is 11.0. The van der Waals surface area contributed by atoms with Crippen molar-refractivity contribution < 1.29 is 19.4 Å². The van der Waals surface area contributed by atoms with E-state index in [2.05, 4.69) is 19.9 Å². The summed E-state index contributed by atoms with van der Waals surface area (Å²) in [7, 11) is 1.31. The number of aromatic nitrogens is 3. The number of carbonyl (C=O) groups excluding carboxylic acids is 1. The summed E-state index contributed by atoms with van der Waals surface area (Å²) in [6, 6.07) is 8.07. The summed E-state index contributed by atoms with van der Waals surface area (Å²) in [4.78, 5) is 27.3. The van der Waals surface area contributed by atoms with Gasteiger partial charge in [0.2, 0.25) is 0 Å². The summed E-state index contributed by atoms with van der Waals surface area (Å²) >= 11 is 0. The predicted molar refractivity (Wildman–Crippen MR) is 82.4 cm³/mol. The van der Waals surface area contributed by atoms with Crippen molar-refractivity contribution in [2.24, 2.45) is 0 Å². The molecule has 0 atom stereocenters. The molecular formula is C16H13N3O4. The van der Waals surface area contributed by atoms with Gasteiger partial charge in [-0.25, -0.2) is 14.6 Å². The third-order valence-corrected chi connectivity index (χ3v) is 3.54. The Kier molecular flexibility index (Phi) is 3.53. The number of carbonyl (C=O) groups is 2. The van der Waals surface area contributed by atoms with Crippen LogP contribution in [0.4, 0.5) is 0 Å². The molecule has 7 heteroatoms. The Bertz CT molecular complexity index is 913. The third kappa shape index (κ3) is 2.52. The predicted octanol–water partition coefficient (Wildman–Crippen LogP) is 2.42. The normalized spacial score (nSPS) is 10.7. The number of nitrogens with one attached hydrogen (secondary N) is 1. The molecule has 0 amide bonds. The Morgan fingerprint density at radius 2 is 1.91 bits per heavy atom.